The second kappa shape index (κ2) is 3.18. The van der Waals surface area contributed by atoms with Crippen LogP contribution in [0.1, 0.15) is 19.3 Å². The summed E-state index contributed by atoms with van der Waals surface area (Å²) in [6, 6.07) is -0.297. The van der Waals surface area contributed by atoms with E-state index in [1.807, 2.05) is 0 Å². The molecule has 0 amide bonds. The van der Waals surface area contributed by atoms with Crippen LogP contribution >= 0.6 is 0 Å². The van der Waals surface area contributed by atoms with Crippen LogP contribution < -0.4 is 0 Å². The third kappa shape index (κ3) is 1.28. The van der Waals surface area contributed by atoms with E-state index < -0.39 is 24.7 Å². The highest BCUT2D eigenvalue weighted by atomic mass is 16.4. The summed E-state index contributed by atoms with van der Waals surface area (Å²) >= 11 is 0. The molecule has 2 fully saturated rings. The van der Waals surface area contributed by atoms with Crippen LogP contribution in [0.25, 0.3) is 0 Å². The van der Waals surface area contributed by atoms with E-state index >= 15 is 0 Å². The Hall–Kier alpha value is -0.200. The maximum absolute atomic E-state index is 9.53. The molecule has 0 aromatic rings. The van der Waals surface area contributed by atoms with Gasteiger partial charge in [0.1, 0.15) is 18.6 Å². The molecule has 0 radical (unpaired) electrons. The number of hydrogen-bond acceptors (Lipinski definition) is 5. The van der Waals surface area contributed by atoms with Crippen LogP contribution in [0, 0.1) is 0 Å². The van der Waals surface area contributed by atoms with Gasteiger partial charge in [-0.15, -0.1) is 0 Å². The molecule has 76 valence electrons. The van der Waals surface area contributed by atoms with Gasteiger partial charge < -0.3 is 20.4 Å². The molecule has 0 aromatic heterocycles. The Bertz CT molecular complexity index is 201. The molecule has 2 rings (SSSR count). The number of aliphatic hydroxyl groups excluding tert-OH is 4. The molecule has 5 heteroatoms. The quantitative estimate of drug-likeness (QED) is 0.362. The maximum atomic E-state index is 9.53. The van der Waals surface area contributed by atoms with Gasteiger partial charge in [-0.3, -0.25) is 0 Å². The first-order valence-electron chi connectivity index (χ1n) is 4.62. The van der Waals surface area contributed by atoms with Crippen molar-refractivity contribution < 1.29 is 20.4 Å². The molecule has 3 unspecified atom stereocenters. The lowest BCUT2D eigenvalue weighted by atomic mass is 9.99. The zero-order chi connectivity index (χ0) is 9.59. The predicted octanol–water partition coefficient (Wildman–Crippen LogP) is -1.79. The minimum absolute atomic E-state index is 0.297. The van der Waals surface area contributed by atoms with E-state index in [1.54, 1.807) is 0 Å². The molecule has 2 saturated heterocycles. The summed E-state index contributed by atoms with van der Waals surface area (Å²) in [5.41, 5.74) is 0. The van der Waals surface area contributed by atoms with Crippen LogP contribution in [0.3, 0.4) is 0 Å². The summed E-state index contributed by atoms with van der Waals surface area (Å²) in [7, 11) is 0. The van der Waals surface area contributed by atoms with E-state index in [2.05, 4.69) is 0 Å². The lowest BCUT2D eigenvalue weighted by molar-refractivity contribution is -0.135. The average molecular weight is 189 g/mol. The van der Waals surface area contributed by atoms with Crippen molar-refractivity contribution in [3.8, 4) is 0 Å². The van der Waals surface area contributed by atoms with Gasteiger partial charge in [0.05, 0.1) is 6.10 Å². The van der Waals surface area contributed by atoms with Crippen molar-refractivity contribution in [1.29, 1.82) is 0 Å². The zero-order valence-electron chi connectivity index (χ0n) is 7.24. The molecule has 5 nitrogen and oxygen atoms in total. The number of fused-ring (bicyclic) bond motifs is 1. The highest BCUT2D eigenvalue weighted by Crippen LogP contribution is 2.33. The number of nitrogens with zero attached hydrogens (tertiary/aromatic N) is 1. The molecule has 0 saturated carbocycles. The van der Waals surface area contributed by atoms with Gasteiger partial charge in [-0.05, 0) is 19.3 Å². The Morgan fingerprint density at radius 3 is 2.23 bits per heavy atom. The van der Waals surface area contributed by atoms with Gasteiger partial charge in [0.2, 0.25) is 0 Å². The molecule has 2 heterocycles. The smallest absolute Gasteiger partial charge is 0.138 e. The van der Waals surface area contributed by atoms with Crippen molar-refractivity contribution in [1.82, 2.24) is 4.90 Å². The summed E-state index contributed by atoms with van der Waals surface area (Å²) in [5.74, 6) is 0. The fraction of sp³-hybridized carbons (Fsp3) is 1.00. The highest BCUT2D eigenvalue weighted by Gasteiger charge is 2.50. The largest absolute Gasteiger partial charge is 0.389 e. The zero-order valence-corrected chi connectivity index (χ0v) is 7.24. The monoisotopic (exact) mass is 189 g/mol. The molecule has 0 bridgehead atoms. The second-order valence-corrected chi connectivity index (χ2v) is 3.82. The lowest BCUT2D eigenvalue weighted by Crippen LogP contribution is -2.49. The molecule has 2 aliphatic heterocycles. The Balaban J connectivity index is 2.19. The third-order valence-corrected chi connectivity index (χ3v) is 3.04. The van der Waals surface area contributed by atoms with Crippen LogP contribution in [-0.2, 0) is 0 Å². The van der Waals surface area contributed by atoms with Gasteiger partial charge in [-0.2, -0.15) is 0 Å². The molecule has 5 atom stereocenters. The molecule has 0 aromatic carbocycles. The van der Waals surface area contributed by atoms with Crippen molar-refractivity contribution in [2.24, 2.45) is 0 Å². The summed E-state index contributed by atoms with van der Waals surface area (Å²) in [6.07, 6.45) is -1.84. The van der Waals surface area contributed by atoms with E-state index in [9.17, 15) is 20.4 Å². The number of piperidine rings is 1. The number of rotatable bonds is 0. The van der Waals surface area contributed by atoms with Crippen LogP contribution in [0.5, 0.6) is 0 Å². The number of aliphatic hydroxyl groups is 4. The van der Waals surface area contributed by atoms with E-state index in [0.717, 1.165) is 6.42 Å². The summed E-state index contributed by atoms with van der Waals surface area (Å²) in [6.45, 7) is 0. The minimum atomic E-state index is -1.15. The van der Waals surface area contributed by atoms with Crippen molar-refractivity contribution in [3.63, 3.8) is 0 Å². The van der Waals surface area contributed by atoms with Crippen LogP contribution in [0.15, 0.2) is 0 Å². The fourth-order valence-corrected chi connectivity index (χ4v) is 2.33. The summed E-state index contributed by atoms with van der Waals surface area (Å²) in [5, 5.41) is 37.9. The van der Waals surface area contributed by atoms with Gasteiger partial charge in [0, 0.05) is 6.04 Å². The third-order valence-electron chi connectivity index (χ3n) is 3.04. The second-order valence-electron chi connectivity index (χ2n) is 3.82. The minimum Gasteiger partial charge on any atom is -0.389 e. The fourth-order valence-electron chi connectivity index (χ4n) is 2.33. The van der Waals surface area contributed by atoms with Crippen molar-refractivity contribution in [3.05, 3.63) is 0 Å². The number of hydrogen-bond donors (Lipinski definition) is 4. The standard InChI is InChI=1S/C8H15NO4/c10-5-3-1-2-4-6(11)7(12)8(13)9(4)5/h4-8,10-13H,1-3H2/t4-,5?,6+,7?,8?/m1/s1. The first-order valence-corrected chi connectivity index (χ1v) is 4.62. The summed E-state index contributed by atoms with van der Waals surface area (Å²) in [4.78, 5) is 1.40. The molecule has 0 aliphatic carbocycles. The maximum Gasteiger partial charge on any atom is 0.138 e. The molecule has 0 spiro atoms. The molecule has 2 aliphatic rings. The van der Waals surface area contributed by atoms with Gasteiger partial charge in [0.25, 0.3) is 0 Å². The highest BCUT2D eigenvalue weighted by molar-refractivity contribution is 4.98. The van der Waals surface area contributed by atoms with E-state index in [1.165, 1.54) is 4.90 Å². The van der Waals surface area contributed by atoms with E-state index in [0.29, 0.717) is 12.8 Å². The van der Waals surface area contributed by atoms with Gasteiger partial charge >= 0.3 is 0 Å². The van der Waals surface area contributed by atoms with Gasteiger partial charge in [0.15, 0.2) is 0 Å². The Labute approximate surface area is 76.2 Å². The first-order chi connectivity index (χ1) is 6.13. The Morgan fingerprint density at radius 2 is 1.62 bits per heavy atom. The molecular formula is C8H15NO4. The predicted molar refractivity (Wildman–Crippen MR) is 43.5 cm³/mol. The van der Waals surface area contributed by atoms with Crippen LogP contribution in [-0.4, -0.2) is 56.0 Å². The Morgan fingerprint density at radius 1 is 0.923 bits per heavy atom. The SMILES string of the molecule is OC1C(O)N2C(O)CCC[C@@H]2[C@@H]1O. The normalized spacial score (nSPS) is 52.2. The van der Waals surface area contributed by atoms with Crippen LogP contribution in [0.2, 0.25) is 0 Å². The molecule has 13 heavy (non-hydrogen) atoms. The van der Waals surface area contributed by atoms with Crippen molar-refractivity contribution in [2.75, 3.05) is 0 Å². The first kappa shape index (κ1) is 9.36. The van der Waals surface area contributed by atoms with E-state index in [-0.39, 0.29) is 6.04 Å². The van der Waals surface area contributed by atoms with E-state index in [4.69, 9.17) is 0 Å². The van der Waals surface area contributed by atoms with Gasteiger partial charge in [-0.1, -0.05) is 0 Å². The lowest BCUT2D eigenvalue weighted by Gasteiger charge is -2.36. The molecular weight excluding hydrogens is 174 g/mol. The molecule has 4 N–H and O–H groups in total. The topological polar surface area (TPSA) is 84.2 Å². The average Bonchev–Trinajstić information content (AvgIpc) is 2.33. The summed E-state index contributed by atoms with van der Waals surface area (Å²) < 4.78 is 0. The Kier molecular flexibility index (Phi) is 2.29. The van der Waals surface area contributed by atoms with Crippen molar-refractivity contribution in [2.45, 2.75) is 50.0 Å². The van der Waals surface area contributed by atoms with Crippen molar-refractivity contribution >= 4 is 0 Å². The van der Waals surface area contributed by atoms with Gasteiger partial charge in [-0.25, -0.2) is 4.90 Å². The van der Waals surface area contributed by atoms with Crippen LogP contribution in [0.4, 0.5) is 0 Å².